The fraction of sp³-hybridized carbons (Fsp3) is 0.562. The van der Waals surface area contributed by atoms with Crippen LogP contribution in [0.15, 0.2) is 4.52 Å². The van der Waals surface area contributed by atoms with Gasteiger partial charge in [-0.05, 0) is 27.2 Å². The van der Waals surface area contributed by atoms with Gasteiger partial charge in [0.2, 0.25) is 0 Å². The molecule has 2 atom stereocenters. The number of aryl methyl sites for hydroxylation is 2. The van der Waals surface area contributed by atoms with E-state index in [9.17, 15) is 4.79 Å². The molecule has 23 heavy (non-hydrogen) atoms. The number of carbonyl (C=O) groups excluding carboxylic acids is 1. The molecule has 2 aromatic heterocycles. The fourth-order valence-electron chi connectivity index (χ4n) is 3.06. The summed E-state index contributed by atoms with van der Waals surface area (Å²) in [5.74, 6) is 0.549. The largest absolute Gasteiger partial charge is 0.369 e. The van der Waals surface area contributed by atoms with Crippen LogP contribution in [0.1, 0.15) is 65.6 Å². The molecule has 2 N–H and O–H groups in total. The van der Waals surface area contributed by atoms with Gasteiger partial charge in [-0.15, -0.1) is 0 Å². The predicted molar refractivity (Wildman–Crippen MR) is 83.0 cm³/mol. The fourth-order valence-corrected chi connectivity index (χ4v) is 3.06. The number of hydrogen-bond donors (Lipinski definition) is 2. The zero-order valence-corrected chi connectivity index (χ0v) is 13.9. The summed E-state index contributed by atoms with van der Waals surface area (Å²) in [5, 5.41) is 14.1. The Bertz CT molecular complexity index is 719. The third-order valence-corrected chi connectivity index (χ3v) is 4.28. The molecule has 0 unspecified atom stereocenters. The van der Waals surface area contributed by atoms with E-state index in [-0.39, 0.29) is 18.1 Å². The molecule has 7 heteroatoms. The summed E-state index contributed by atoms with van der Waals surface area (Å²) in [7, 11) is 0. The van der Waals surface area contributed by atoms with Gasteiger partial charge in [0.05, 0.1) is 23.6 Å². The second-order valence-corrected chi connectivity index (χ2v) is 5.96. The number of carbonyl (C=O) groups is 1. The summed E-state index contributed by atoms with van der Waals surface area (Å²) in [6.45, 7) is 8.21. The van der Waals surface area contributed by atoms with Crippen LogP contribution in [0, 0.1) is 6.92 Å². The minimum atomic E-state index is -0.188. The minimum absolute atomic E-state index is 0.0742. The van der Waals surface area contributed by atoms with Crippen LogP contribution in [0.25, 0.3) is 0 Å². The maximum atomic E-state index is 12.5. The zero-order valence-electron chi connectivity index (χ0n) is 13.9. The smallest absolute Gasteiger partial charge is 0.272 e. The SMILES string of the molecule is CCc1noc(C)c1CNC(=O)c1n[nH]c2c1C[C@H](C)O[C@@H]2C. The van der Waals surface area contributed by atoms with Gasteiger partial charge in [-0.25, -0.2) is 0 Å². The number of aromatic amines is 1. The van der Waals surface area contributed by atoms with Gasteiger partial charge in [-0.3, -0.25) is 9.89 Å². The van der Waals surface area contributed by atoms with Crippen molar-refractivity contribution in [2.24, 2.45) is 0 Å². The van der Waals surface area contributed by atoms with Gasteiger partial charge in [0.15, 0.2) is 5.69 Å². The number of fused-ring (bicyclic) bond motifs is 1. The number of rotatable bonds is 4. The molecule has 7 nitrogen and oxygen atoms in total. The number of nitrogens with one attached hydrogen (secondary N) is 2. The Morgan fingerprint density at radius 2 is 2.22 bits per heavy atom. The first-order valence-electron chi connectivity index (χ1n) is 7.96. The molecule has 0 spiro atoms. The maximum absolute atomic E-state index is 12.5. The molecule has 0 aromatic carbocycles. The predicted octanol–water partition coefficient (Wildman–Crippen LogP) is 2.22. The molecule has 0 saturated carbocycles. The Balaban J connectivity index is 1.76. The molecule has 0 saturated heterocycles. The minimum Gasteiger partial charge on any atom is -0.369 e. The number of aromatic nitrogens is 3. The first-order chi connectivity index (χ1) is 11.0. The van der Waals surface area contributed by atoms with Gasteiger partial charge in [0, 0.05) is 24.1 Å². The highest BCUT2D eigenvalue weighted by Gasteiger charge is 2.29. The van der Waals surface area contributed by atoms with E-state index in [1.165, 1.54) is 0 Å². The molecule has 0 bridgehead atoms. The zero-order chi connectivity index (χ0) is 16.6. The second kappa shape index (κ2) is 6.16. The normalized spacial score (nSPS) is 20.3. The van der Waals surface area contributed by atoms with Crippen molar-refractivity contribution in [3.8, 4) is 0 Å². The van der Waals surface area contributed by atoms with Gasteiger partial charge in [-0.2, -0.15) is 5.10 Å². The molecule has 3 heterocycles. The number of nitrogens with zero attached hydrogens (tertiary/aromatic N) is 2. The Kier molecular flexibility index (Phi) is 4.21. The van der Waals surface area contributed by atoms with Crippen molar-refractivity contribution in [2.45, 2.75) is 59.3 Å². The highest BCUT2D eigenvalue weighted by Crippen LogP contribution is 2.30. The first kappa shape index (κ1) is 15.7. The lowest BCUT2D eigenvalue weighted by molar-refractivity contribution is -0.00697. The van der Waals surface area contributed by atoms with Crippen LogP contribution in [0.4, 0.5) is 0 Å². The third-order valence-electron chi connectivity index (χ3n) is 4.28. The second-order valence-electron chi connectivity index (χ2n) is 5.96. The Morgan fingerprint density at radius 1 is 1.43 bits per heavy atom. The summed E-state index contributed by atoms with van der Waals surface area (Å²) in [6.07, 6.45) is 1.46. The van der Waals surface area contributed by atoms with Crippen molar-refractivity contribution in [2.75, 3.05) is 0 Å². The molecule has 124 valence electrons. The molecule has 3 rings (SSSR count). The average molecular weight is 318 g/mol. The Labute approximate surface area is 134 Å². The lowest BCUT2D eigenvalue weighted by Gasteiger charge is -2.25. The topological polar surface area (TPSA) is 93.0 Å². The molecule has 0 aliphatic carbocycles. The lowest BCUT2D eigenvalue weighted by Crippen LogP contribution is -2.27. The third kappa shape index (κ3) is 2.88. The maximum Gasteiger partial charge on any atom is 0.272 e. The van der Waals surface area contributed by atoms with Crippen LogP contribution in [0.5, 0.6) is 0 Å². The van der Waals surface area contributed by atoms with Crippen LogP contribution in [0.2, 0.25) is 0 Å². The van der Waals surface area contributed by atoms with Crippen molar-refractivity contribution < 1.29 is 14.1 Å². The molecular formula is C16H22N4O3. The van der Waals surface area contributed by atoms with E-state index in [0.717, 1.165) is 34.7 Å². The van der Waals surface area contributed by atoms with Crippen LogP contribution in [-0.2, 0) is 24.1 Å². The molecule has 1 aliphatic heterocycles. The van der Waals surface area contributed by atoms with Crippen LogP contribution in [-0.4, -0.2) is 27.4 Å². The summed E-state index contributed by atoms with van der Waals surface area (Å²) < 4.78 is 10.9. The number of H-pyrrole nitrogens is 1. The molecule has 2 aromatic rings. The van der Waals surface area contributed by atoms with Gasteiger partial charge < -0.3 is 14.6 Å². The summed E-state index contributed by atoms with van der Waals surface area (Å²) in [5.41, 5.74) is 4.11. The van der Waals surface area contributed by atoms with Crippen molar-refractivity contribution >= 4 is 5.91 Å². The number of hydrogen-bond acceptors (Lipinski definition) is 5. The van der Waals surface area contributed by atoms with Gasteiger partial charge >= 0.3 is 0 Å². The first-order valence-corrected chi connectivity index (χ1v) is 7.96. The van der Waals surface area contributed by atoms with Crippen LogP contribution in [0.3, 0.4) is 0 Å². The van der Waals surface area contributed by atoms with Gasteiger partial charge in [0.1, 0.15) is 5.76 Å². The number of ether oxygens (including phenoxy) is 1. The Hall–Kier alpha value is -2.15. The summed E-state index contributed by atoms with van der Waals surface area (Å²) >= 11 is 0. The van der Waals surface area contributed by atoms with Crippen molar-refractivity contribution in [1.82, 2.24) is 20.7 Å². The van der Waals surface area contributed by atoms with E-state index in [2.05, 4.69) is 20.7 Å². The highest BCUT2D eigenvalue weighted by molar-refractivity contribution is 5.94. The van der Waals surface area contributed by atoms with E-state index in [1.54, 1.807) is 0 Å². The van der Waals surface area contributed by atoms with Crippen molar-refractivity contribution in [3.63, 3.8) is 0 Å². The van der Waals surface area contributed by atoms with Crippen molar-refractivity contribution in [1.29, 1.82) is 0 Å². The van der Waals surface area contributed by atoms with Crippen LogP contribution < -0.4 is 5.32 Å². The monoisotopic (exact) mass is 318 g/mol. The highest BCUT2D eigenvalue weighted by atomic mass is 16.5. The van der Waals surface area contributed by atoms with E-state index >= 15 is 0 Å². The van der Waals surface area contributed by atoms with E-state index in [4.69, 9.17) is 9.26 Å². The van der Waals surface area contributed by atoms with E-state index in [0.29, 0.717) is 18.7 Å². The molecule has 0 radical (unpaired) electrons. The Morgan fingerprint density at radius 3 is 2.96 bits per heavy atom. The van der Waals surface area contributed by atoms with Gasteiger partial charge in [0.25, 0.3) is 5.91 Å². The molecule has 1 amide bonds. The molecular weight excluding hydrogens is 296 g/mol. The standard InChI is InChI=1S/C16H22N4O3/c1-5-13-12(9(3)23-20-13)7-17-16(21)15-11-6-8(2)22-10(4)14(11)18-19-15/h8,10H,5-7H2,1-4H3,(H,17,21)(H,18,19)/t8-,10+/m0/s1. The summed E-state index contributed by atoms with van der Waals surface area (Å²) in [4.78, 5) is 12.5. The molecule has 0 fully saturated rings. The van der Waals surface area contributed by atoms with Crippen molar-refractivity contribution in [3.05, 3.63) is 34.0 Å². The van der Waals surface area contributed by atoms with Crippen LogP contribution >= 0.6 is 0 Å². The summed E-state index contributed by atoms with van der Waals surface area (Å²) in [6, 6.07) is 0. The average Bonchev–Trinajstić information content (AvgIpc) is 3.08. The number of amides is 1. The van der Waals surface area contributed by atoms with E-state index in [1.807, 2.05) is 27.7 Å². The van der Waals surface area contributed by atoms with E-state index < -0.39 is 0 Å². The lowest BCUT2D eigenvalue weighted by atomic mass is 9.99. The quantitative estimate of drug-likeness (QED) is 0.901. The van der Waals surface area contributed by atoms with Gasteiger partial charge in [-0.1, -0.05) is 12.1 Å². The molecule has 1 aliphatic rings.